The molecule has 2 N–H and O–H groups in total. The Morgan fingerprint density at radius 1 is 1.00 bits per heavy atom. The van der Waals surface area contributed by atoms with Crippen LogP contribution in [0, 0.1) is 0 Å². The van der Waals surface area contributed by atoms with Crippen LogP contribution in [0.15, 0.2) is 53.5 Å². The van der Waals surface area contributed by atoms with Crippen molar-refractivity contribution < 1.29 is 13.5 Å². The molecule has 0 amide bonds. The number of guanidine groups is 1. The van der Waals surface area contributed by atoms with Crippen LogP contribution in [0.3, 0.4) is 0 Å². The highest BCUT2D eigenvalue weighted by molar-refractivity contribution is 14.0. The van der Waals surface area contributed by atoms with E-state index < -0.39 is 6.61 Å². The van der Waals surface area contributed by atoms with Crippen LogP contribution >= 0.6 is 24.0 Å². The lowest BCUT2D eigenvalue weighted by atomic mass is 10.1. The number of halogens is 3. The number of likely N-dealkylation sites (tertiary alicyclic amines) is 1. The molecular formula is C22H29F2IN4O. The van der Waals surface area contributed by atoms with Gasteiger partial charge < -0.3 is 15.4 Å². The van der Waals surface area contributed by atoms with Gasteiger partial charge in [-0.2, -0.15) is 8.78 Å². The Hall–Kier alpha value is -1.94. The normalized spacial score (nSPS) is 14.5. The van der Waals surface area contributed by atoms with Gasteiger partial charge in [0.05, 0.1) is 0 Å². The third-order valence-electron chi connectivity index (χ3n) is 4.89. The summed E-state index contributed by atoms with van der Waals surface area (Å²) < 4.78 is 29.1. The summed E-state index contributed by atoms with van der Waals surface area (Å²) in [5, 5.41) is 6.46. The highest BCUT2D eigenvalue weighted by atomic mass is 127. The molecule has 0 aliphatic carbocycles. The van der Waals surface area contributed by atoms with E-state index in [1.165, 1.54) is 43.1 Å². The highest BCUT2D eigenvalue weighted by Crippen LogP contribution is 2.16. The second-order valence-corrected chi connectivity index (χ2v) is 7.10. The van der Waals surface area contributed by atoms with Crippen molar-refractivity contribution in [3.63, 3.8) is 0 Å². The smallest absolute Gasteiger partial charge is 0.387 e. The minimum absolute atomic E-state index is 0. The average Bonchev–Trinajstić information content (AvgIpc) is 3.22. The van der Waals surface area contributed by atoms with E-state index >= 15 is 0 Å². The molecule has 0 aromatic heterocycles. The van der Waals surface area contributed by atoms with E-state index in [4.69, 9.17) is 0 Å². The molecule has 1 aliphatic rings. The molecule has 0 atom stereocenters. The molecule has 8 heteroatoms. The Morgan fingerprint density at radius 2 is 1.63 bits per heavy atom. The Morgan fingerprint density at radius 3 is 2.27 bits per heavy atom. The second-order valence-electron chi connectivity index (χ2n) is 7.10. The van der Waals surface area contributed by atoms with Gasteiger partial charge >= 0.3 is 6.61 Å². The third kappa shape index (κ3) is 8.06. The maximum Gasteiger partial charge on any atom is 0.387 e. The molecule has 164 valence electrons. The standard InChI is InChI=1S/C22H28F2N4O.HI/c1-25-22(27-15-19-5-4-6-20(13-19)29-21(23)24)26-14-17-7-9-18(10-8-17)16-28-11-2-3-12-28;/h4-10,13,21H,2-3,11-12,14-16H2,1H3,(H2,25,26,27);1H. The van der Waals surface area contributed by atoms with E-state index in [2.05, 4.69) is 49.5 Å². The molecule has 2 aromatic carbocycles. The van der Waals surface area contributed by atoms with Crippen molar-refractivity contribution in [2.75, 3.05) is 20.1 Å². The van der Waals surface area contributed by atoms with Crippen molar-refractivity contribution in [1.82, 2.24) is 15.5 Å². The van der Waals surface area contributed by atoms with Crippen molar-refractivity contribution >= 4 is 29.9 Å². The molecule has 1 aliphatic heterocycles. The molecule has 0 bridgehead atoms. The van der Waals surface area contributed by atoms with Gasteiger partial charge in [0.25, 0.3) is 0 Å². The Balaban J connectivity index is 0.00000320. The molecule has 0 spiro atoms. The third-order valence-corrected chi connectivity index (χ3v) is 4.89. The molecule has 30 heavy (non-hydrogen) atoms. The zero-order chi connectivity index (χ0) is 20.5. The number of rotatable bonds is 8. The van der Waals surface area contributed by atoms with E-state index in [0.29, 0.717) is 19.0 Å². The zero-order valence-electron chi connectivity index (χ0n) is 17.1. The maximum atomic E-state index is 12.3. The van der Waals surface area contributed by atoms with Gasteiger partial charge in [0.1, 0.15) is 5.75 Å². The van der Waals surface area contributed by atoms with Gasteiger partial charge in [-0.3, -0.25) is 9.89 Å². The number of aliphatic imine (C=N–C) groups is 1. The Kier molecular flexibility index (Phi) is 10.3. The number of nitrogens with zero attached hydrogens (tertiary/aromatic N) is 2. The summed E-state index contributed by atoms with van der Waals surface area (Å²) in [5.41, 5.74) is 3.34. The van der Waals surface area contributed by atoms with Crippen molar-refractivity contribution in [3.05, 3.63) is 65.2 Å². The maximum absolute atomic E-state index is 12.3. The lowest BCUT2D eigenvalue weighted by Crippen LogP contribution is -2.36. The summed E-state index contributed by atoms with van der Waals surface area (Å²) in [6.07, 6.45) is 2.61. The van der Waals surface area contributed by atoms with Crippen LogP contribution in [-0.4, -0.2) is 37.6 Å². The van der Waals surface area contributed by atoms with E-state index in [-0.39, 0.29) is 29.7 Å². The monoisotopic (exact) mass is 530 g/mol. The lowest BCUT2D eigenvalue weighted by molar-refractivity contribution is -0.0498. The molecule has 0 saturated carbocycles. The predicted octanol–water partition coefficient (Wildman–Crippen LogP) is 4.37. The average molecular weight is 530 g/mol. The van der Waals surface area contributed by atoms with Crippen molar-refractivity contribution in [2.45, 2.75) is 39.1 Å². The van der Waals surface area contributed by atoms with Crippen LogP contribution < -0.4 is 15.4 Å². The number of ether oxygens (including phenoxy) is 1. The first-order chi connectivity index (χ1) is 14.1. The number of alkyl halides is 2. The highest BCUT2D eigenvalue weighted by Gasteiger charge is 2.11. The number of hydrogen-bond acceptors (Lipinski definition) is 3. The molecular weight excluding hydrogens is 501 g/mol. The summed E-state index contributed by atoms with van der Waals surface area (Å²) in [5.74, 6) is 0.794. The summed E-state index contributed by atoms with van der Waals surface area (Å²) in [7, 11) is 1.70. The fourth-order valence-corrected chi connectivity index (χ4v) is 3.39. The van der Waals surface area contributed by atoms with Crippen LogP contribution in [0.5, 0.6) is 5.75 Å². The number of nitrogens with one attached hydrogen (secondary N) is 2. The largest absolute Gasteiger partial charge is 0.435 e. The van der Waals surface area contributed by atoms with Gasteiger partial charge in [-0.05, 0) is 54.8 Å². The predicted molar refractivity (Wildman–Crippen MR) is 126 cm³/mol. The van der Waals surface area contributed by atoms with Crippen LogP contribution in [0.25, 0.3) is 0 Å². The van der Waals surface area contributed by atoms with E-state index in [0.717, 1.165) is 12.1 Å². The minimum Gasteiger partial charge on any atom is -0.435 e. The fourth-order valence-electron chi connectivity index (χ4n) is 3.39. The quantitative estimate of drug-likeness (QED) is 0.303. The van der Waals surface area contributed by atoms with Gasteiger partial charge in [0.2, 0.25) is 0 Å². The first kappa shape index (κ1) is 24.3. The summed E-state index contributed by atoms with van der Waals surface area (Å²) in [4.78, 5) is 6.70. The Labute approximate surface area is 193 Å². The molecule has 0 radical (unpaired) electrons. The van der Waals surface area contributed by atoms with Crippen molar-refractivity contribution in [1.29, 1.82) is 0 Å². The first-order valence-electron chi connectivity index (χ1n) is 9.91. The summed E-state index contributed by atoms with van der Waals surface area (Å²) in [6, 6.07) is 15.3. The Bertz CT molecular complexity index is 796. The lowest BCUT2D eigenvalue weighted by Gasteiger charge is -2.15. The van der Waals surface area contributed by atoms with Crippen LogP contribution in [0.2, 0.25) is 0 Å². The molecule has 2 aromatic rings. The van der Waals surface area contributed by atoms with Gasteiger partial charge in [0.15, 0.2) is 5.96 Å². The van der Waals surface area contributed by atoms with Crippen molar-refractivity contribution in [2.24, 2.45) is 4.99 Å². The van der Waals surface area contributed by atoms with E-state index in [1.54, 1.807) is 19.2 Å². The number of benzene rings is 2. The fraction of sp³-hybridized carbons (Fsp3) is 0.409. The summed E-state index contributed by atoms with van der Waals surface area (Å²) in [6.45, 7) is 1.69. The topological polar surface area (TPSA) is 48.9 Å². The molecule has 1 fully saturated rings. The molecule has 5 nitrogen and oxygen atoms in total. The summed E-state index contributed by atoms with van der Waals surface area (Å²) >= 11 is 0. The SMILES string of the molecule is CN=C(NCc1ccc(CN2CCCC2)cc1)NCc1cccc(OC(F)F)c1.I. The van der Waals surface area contributed by atoms with Crippen LogP contribution in [0.4, 0.5) is 8.78 Å². The van der Waals surface area contributed by atoms with Gasteiger partial charge in [-0.1, -0.05) is 36.4 Å². The number of hydrogen-bond donors (Lipinski definition) is 2. The van der Waals surface area contributed by atoms with Gasteiger partial charge in [0, 0.05) is 26.7 Å². The van der Waals surface area contributed by atoms with Crippen LogP contribution in [0.1, 0.15) is 29.5 Å². The molecule has 0 unspecified atom stereocenters. The van der Waals surface area contributed by atoms with Gasteiger partial charge in [-0.25, -0.2) is 0 Å². The zero-order valence-corrected chi connectivity index (χ0v) is 19.4. The van der Waals surface area contributed by atoms with E-state index in [1.807, 2.05) is 6.07 Å². The van der Waals surface area contributed by atoms with Gasteiger partial charge in [-0.15, -0.1) is 24.0 Å². The van der Waals surface area contributed by atoms with Crippen LogP contribution in [-0.2, 0) is 19.6 Å². The molecule has 1 heterocycles. The first-order valence-corrected chi connectivity index (χ1v) is 9.91. The molecule has 1 saturated heterocycles. The van der Waals surface area contributed by atoms with Crippen molar-refractivity contribution in [3.8, 4) is 5.75 Å². The molecule has 3 rings (SSSR count). The minimum atomic E-state index is -2.82. The second kappa shape index (κ2) is 12.7. The van der Waals surface area contributed by atoms with E-state index in [9.17, 15) is 8.78 Å².